The molecular formula is C21H25F3IN3O3. The van der Waals surface area contributed by atoms with Crippen LogP contribution >= 0.6 is 24.0 Å². The lowest BCUT2D eigenvalue weighted by Crippen LogP contribution is -2.23. The molecule has 0 fully saturated rings. The van der Waals surface area contributed by atoms with Crippen molar-refractivity contribution in [3.8, 4) is 17.2 Å². The van der Waals surface area contributed by atoms with Crippen LogP contribution in [-0.4, -0.2) is 25.3 Å². The fourth-order valence-corrected chi connectivity index (χ4v) is 2.90. The molecule has 31 heavy (non-hydrogen) atoms. The Bertz CT molecular complexity index is 920. The van der Waals surface area contributed by atoms with E-state index in [-0.39, 0.29) is 53.9 Å². The number of ether oxygens (including phenoxy) is 3. The summed E-state index contributed by atoms with van der Waals surface area (Å²) in [4.78, 5) is 4.06. The maximum Gasteiger partial charge on any atom is 0.416 e. The predicted molar refractivity (Wildman–Crippen MR) is 124 cm³/mol. The molecule has 0 bridgehead atoms. The van der Waals surface area contributed by atoms with Gasteiger partial charge < -0.3 is 25.3 Å². The molecule has 0 unspecified atom stereocenters. The Balaban J connectivity index is 0.00000341. The minimum absolute atomic E-state index is 0. The molecule has 3 N–H and O–H groups in total. The molecule has 1 aliphatic heterocycles. The quantitative estimate of drug-likeness (QED) is 0.304. The number of hydrogen-bond donors (Lipinski definition) is 2. The summed E-state index contributed by atoms with van der Waals surface area (Å²) < 4.78 is 56.9. The summed E-state index contributed by atoms with van der Waals surface area (Å²) in [6, 6.07) is 9.01. The Hall–Kier alpha value is -2.37. The molecule has 1 heterocycles. The molecule has 2 aromatic carbocycles. The molecule has 3 rings (SSSR count). The van der Waals surface area contributed by atoms with Gasteiger partial charge in [-0.1, -0.05) is 6.07 Å². The van der Waals surface area contributed by atoms with E-state index in [1.807, 2.05) is 0 Å². The summed E-state index contributed by atoms with van der Waals surface area (Å²) in [5.41, 5.74) is 5.67. The van der Waals surface area contributed by atoms with Crippen molar-refractivity contribution in [2.24, 2.45) is 10.7 Å². The molecule has 0 radical (unpaired) electrons. The fourth-order valence-electron chi connectivity index (χ4n) is 2.90. The topological polar surface area (TPSA) is 78.1 Å². The zero-order chi connectivity index (χ0) is 21.7. The third kappa shape index (κ3) is 7.08. The van der Waals surface area contributed by atoms with Crippen LogP contribution in [0.3, 0.4) is 0 Å². The standard InChI is InChI=1S/C21H24F3N3O3.HI/c1-13(2)30-16-6-4-14(17(11-16)21(22,23)24)12-26-20(25)27-15-5-7-18-19(10-15)29-9-3-8-28-18;/h4-7,10-11,13H,3,8-9,12H2,1-2H3,(H3,25,26,27);1H. The van der Waals surface area contributed by atoms with Gasteiger partial charge in [0.15, 0.2) is 17.5 Å². The summed E-state index contributed by atoms with van der Waals surface area (Å²) in [7, 11) is 0. The van der Waals surface area contributed by atoms with Gasteiger partial charge in [-0.2, -0.15) is 13.2 Å². The highest BCUT2D eigenvalue weighted by molar-refractivity contribution is 14.0. The first-order valence-electron chi connectivity index (χ1n) is 9.56. The summed E-state index contributed by atoms with van der Waals surface area (Å²) in [6.07, 6.45) is -3.98. The molecule has 0 atom stereocenters. The van der Waals surface area contributed by atoms with Crippen LogP contribution in [0.15, 0.2) is 41.4 Å². The van der Waals surface area contributed by atoms with Gasteiger partial charge in [0.25, 0.3) is 0 Å². The van der Waals surface area contributed by atoms with Crippen molar-refractivity contribution < 1.29 is 27.4 Å². The first kappa shape index (κ1) is 24.9. The van der Waals surface area contributed by atoms with E-state index in [9.17, 15) is 13.2 Å². The van der Waals surface area contributed by atoms with E-state index >= 15 is 0 Å². The minimum Gasteiger partial charge on any atom is -0.491 e. The molecule has 0 aliphatic carbocycles. The third-order valence-electron chi connectivity index (χ3n) is 4.20. The number of hydrogen-bond acceptors (Lipinski definition) is 4. The third-order valence-corrected chi connectivity index (χ3v) is 4.20. The molecule has 0 aromatic heterocycles. The van der Waals surface area contributed by atoms with Crippen molar-refractivity contribution in [1.82, 2.24) is 0 Å². The van der Waals surface area contributed by atoms with Gasteiger partial charge in [0, 0.05) is 18.2 Å². The monoisotopic (exact) mass is 551 g/mol. The average molecular weight is 551 g/mol. The molecule has 0 amide bonds. The normalized spacial score (nSPS) is 13.9. The molecule has 2 aromatic rings. The van der Waals surface area contributed by atoms with Crippen molar-refractivity contribution in [3.63, 3.8) is 0 Å². The van der Waals surface area contributed by atoms with Crippen LogP contribution in [0.25, 0.3) is 0 Å². The molecule has 10 heteroatoms. The second-order valence-corrected chi connectivity index (χ2v) is 7.02. The second kappa shape index (κ2) is 10.8. The van der Waals surface area contributed by atoms with E-state index in [2.05, 4.69) is 10.3 Å². The lowest BCUT2D eigenvalue weighted by atomic mass is 10.1. The second-order valence-electron chi connectivity index (χ2n) is 7.02. The van der Waals surface area contributed by atoms with Crippen LogP contribution < -0.4 is 25.3 Å². The number of anilines is 1. The van der Waals surface area contributed by atoms with E-state index in [0.717, 1.165) is 12.5 Å². The Labute approximate surface area is 196 Å². The van der Waals surface area contributed by atoms with Gasteiger partial charge in [-0.15, -0.1) is 24.0 Å². The summed E-state index contributed by atoms with van der Waals surface area (Å²) >= 11 is 0. The van der Waals surface area contributed by atoms with Gasteiger partial charge >= 0.3 is 6.18 Å². The number of nitrogens with two attached hydrogens (primary N) is 1. The van der Waals surface area contributed by atoms with E-state index in [1.165, 1.54) is 12.1 Å². The number of halogens is 4. The lowest BCUT2D eigenvalue weighted by molar-refractivity contribution is -0.138. The number of rotatable bonds is 5. The van der Waals surface area contributed by atoms with Crippen LogP contribution in [0.5, 0.6) is 17.2 Å². The van der Waals surface area contributed by atoms with E-state index in [1.54, 1.807) is 32.0 Å². The number of guanidine groups is 1. The summed E-state index contributed by atoms with van der Waals surface area (Å²) in [6.45, 7) is 4.37. The van der Waals surface area contributed by atoms with Gasteiger partial charge in [-0.05, 0) is 43.7 Å². The lowest BCUT2D eigenvalue weighted by Gasteiger charge is -2.16. The van der Waals surface area contributed by atoms with Crippen LogP contribution in [0.1, 0.15) is 31.4 Å². The minimum atomic E-state index is -4.53. The number of fused-ring (bicyclic) bond motifs is 1. The maximum atomic E-state index is 13.5. The Morgan fingerprint density at radius 3 is 2.52 bits per heavy atom. The van der Waals surface area contributed by atoms with E-state index in [4.69, 9.17) is 19.9 Å². The van der Waals surface area contributed by atoms with Gasteiger partial charge in [0.1, 0.15) is 5.75 Å². The SMILES string of the molecule is CC(C)Oc1ccc(CN=C(N)Nc2ccc3c(c2)OCCCO3)c(C(F)(F)F)c1.I. The Kier molecular flexibility index (Phi) is 8.66. The average Bonchev–Trinajstić information content (AvgIpc) is 2.90. The summed E-state index contributed by atoms with van der Waals surface area (Å²) in [5.74, 6) is 1.35. The molecule has 0 saturated carbocycles. The number of alkyl halides is 3. The number of nitrogens with one attached hydrogen (secondary N) is 1. The van der Waals surface area contributed by atoms with Gasteiger partial charge in [0.05, 0.1) is 31.4 Å². The largest absolute Gasteiger partial charge is 0.491 e. The van der Waals surface area contributed by atoms with Gasteiger partial charge in [-0.25, -0.2) is 4.99 Å². The Morgan fingerprint density at radius 1 is 1.13 bits per heavy atom. The van der Waals surface area contributed by atoms with Crippen molar-refractivity contribution in [2.45, 2.75) is 39.1 Å². The highest BCUT2D eigenvalue weighted by Gasteiger charge is 2.33. The molecule has 0 saturated heterocycles. The van der Waals surface area contributed by atoms with Crippen molar-refractivity contribution in [1.29, 1.82) is 0 Å². The van der Waals surface area contributed by atoms with Gasteiger partial charge in [-0.3, -0.25) is 0 Å². The van der Waals surface area contributed by atoms with Gasteiger partial charge in [0.2, 0.25) is 0 Å². The van der Waals surface area contributed by atoms with Crippen LogP contribution in [-0.2, 0) is 12.7 Å². The van der Waals surface area contributed by atoms with Crippen molar-refractivity contribution in [3.05, 3.63) is 47.5 Å². The first-order chi connectivity index (χ1) is 14.2. The van der Waals surface area contributed by atoms with Crippen LogP contribution in [0, 0.1) is 0 Å². The molecular weight excluding hydrogens is 526 g/mol. The number of aliphatic imine (C=N–C) groups is 1. The molecule has 6 nitrogen and oxygen atoms in total. The van der Waals surface area contributed by atoms with Crippen molar-refractivity contribution >= 4 is 35.6 Å². The first-order valence-corrected chi connectivity index (χ1v) is 9.56. The smallest absolute Gasteiger partial charge is 0.416 e. The Morgan fingerprint density at radius 2 is 1.84 bits per heavy atom. The highest BCUT2D eigenvalue weighted by Crippen LogP contribution is 2.35. The molecule has 170 valence electrons. The highest BCUT2D eigenvalue weighted by atomic mass is 127. The number of benzene rings is 2. The van der Waals surface area contributed by atoms with E-state index in [0.29, 0.717) is 30.4 Å². The fraction of sp³-hybridized carbons (Fsp3) is 0.381. The molecule has 0 spiro atoms. The van der Waals surface area contributed by atoms with Crippen molar-refractivity contribution in [2.75, 3.05) is 18.5 Å². The number of nitrogens with zero attached hydrogens (tertiary/aromatic N) is 1. The predicted octanol–water partition coefficient (Wildman–Crippen LogP) is 5.20. The zero-order valence-electron chi connectivity index (χ0n) is 17.2. The van der Waals surface area contributed by atoms with E-state index < -0.39 is 11.7 Å². The summed E-state index contributed by atoms with van der Waals surface area (Å²) in [5, 5.41) is 2.86. The maximum absolute atomic E-state index is 13.5. The molecule has 1 aliphatic rings. The zero-order valence-corrected chi connectivity index (χ0v) is 19.5. The van der Waals surface area contributed by atoms with Crippen LogP contribution in [0.4, 0.5) is 18.9 Å². The van der Waals surface area contributed by atoms with Crippen LogP contribution in [0.2, 0.25) is 0 Å².